The standard InChI is InChI=1S/C20H26N2O/c1-15(2)13-17(14-21)22(3)20(23)19-12-8-7-11-18(19)16-9-5-4-6-10-16/h4-12,15,17H,13-14,21H2,1-3H3. The molecule has 2 rings (SSSR count). The lowest BCUT2D eigenvalue weighted by atomic mass is 9.97. The number of hydrogen-bond acceptors (Lipinski definition) is 2. The summed E-state index contributed by atoms with van der Waals surface area (Å²) in [6.45, 7) is 4.78. The second-order valence-corrected chi connectivity index (χ2v) is 6.35. The number of carbonyl (C=O) groups is 1. The number of hydrogen-bond donors (Lipinski definition) is 1. The van der Waals surface area contributed by atoms with Crippen molar-refractivity contribution in [3.05, 3.63) is 60.2 Å². The molecule has 1 amide bonds. The van der Waals surface area contributed by atoms with E-state index in [9.17, 15) is 4.79 Å². The SMILES string of the molecule is CC(C)CC(CN)N(C)C(=O)c1ccccc1-c1ccccc1. The van der Waals surface area contributed by atoms with E-state index in [0.717, 1.165) is 23.1 Å². The van der Waals surface area contributed by atoms with Gasteiger partial charge in [0, 0.05) is 25.2 Å². The van der Waals surface area contributed by atoms with E-state index in [1.165, 1.54) is 0 Å². The lowest BCUT2D eigenvalue weighted by molar-refractivity contribution is 0.0720. The zero-order valence-corrected chi connectivity index (χ0v) is 14.2. The smallest absolute Gasteiger partial charge is 0.254 e. The molecule has 0 aliphatic carbocycles. The number of amides is 1. The van der Waals surface area contributed by atoms with Gasteiger partial charge in [-0.2, -0.15) is 0 Å². The molecule has 0 saturated heterocycles. The minimum absolute atomic E-state index is 0.0283. The first kappa shape index (κ1) is 17.2. The summed E-state index contributed by atoms with van der Waals surface area (Å²) in [6.07, 6.45) is 0.909. The van der Waals surface area contributed by atoms with Crippen LogP contribution in [0.1, 0.15) is 30.6 Å². The minimum Gasteiger partial charge on any atom is -0.337 e. The maximum Gasteiger partial charge on any atom is 0.254 e. The van der Waals surface area contributed by atoms with Crippen LogP contribution in [-0.2, 0) is 0 Å². The average Bonchev–Trinajstić information content (AvgIpc) is 2.59. The van der Waals surface area contributed by atoms with Crippen molar-refractivity contribution >= 4 is 5.91 Å². The van der Waals surface area contributed by atoms with Crippen LogP contribution in [0.5, 0.6) is 0 Å². The van der Waals surface area contributed by atoms with Gasteiger partial charge in [0.15, 0.2) is 0 Å². The molecular weight excluding hydrogens is 284 g/mol. The zero-order valence-electron chi connectivity index (χ0n) is 14.2. The van der Waals surface area contributed by atoms with E-state index in [0.29, 0.717) is 12.5 Å². The summed E-state index contributed by atoms with van der Waals surface area (Å²) in [5, 5.41) is 0. The van der Waals surface area contributed by atoms with Gasteiger partial charge in [-0.15, -0.1) is 0 Å². The molecule has 0 radical (unpaired) electrons. The first-order chi connectivity index (χ1) is 11.0. The Labute approximate surface area is 139 Å². The van der Waals surface area contributed by atoms with Gasteiger partial charge >= 0.3 is 0 Å². The fourth-order valence-electron chi connectivity index (χ4n) is 2.85. The first-order valence-electron chi connectivity index (χ1n) is 8.16. The third-order valence-electron chi connectivity index (χ3n) is 4.13. The van der Waals surface area contributed by atoms with Crippen molar-refractivity contribution in [2.45, 2.75) is 26.3 Å². The monoisotopic (exact) mass is 310 g/mol. The number of rotatable bonds is 6. The molecule has 1 atom stereocenters. The Morgan fingerprint density at radius 2 is 1.65 bits per heavy atom. The molecule has 0 aliphatic heterocycles. The highest BCUT2D eigenvalue weighted by atomic mass is 16.2. The minimum atomic E-state index is 0.0283. The maximum absolute atomic E-state index is 13.0. The van der Waals surface area contributed by atoms with Crippen LogP contribution in [0.3, 0.4) is 0 Å². The molecule has 0 aliphatic rings. The Morgan fingerprint density at radius 3 is 2.26 bits per heavy atom. The molecule has 23 heavy (non-hydrogen) atoms. The van der Waals surface area contributed by atoms with Gasteiger partial charge in [0.05, 0.1) is 0 Å². The van der Waals surface area contributed by atoms with Crippen molar-refractivity contribution in [2.75, 3.05) is 13.6 Å². The van der Waals surface area contributed by atoms with Gasteiger partial charge in [-0.3, -0.25) is 4.79 Å². The van der Waals surface area contributed by atoms with Crippen LogP contribution in [-0.4, -0.2) is 30.4 Å². The average molecular weight is 310 g/mol. The molecule has 0 heterocycles. The summed E-state index contributed by atoms with van der Waals surface area (Å²) in [5.41, 5.74) is 8.64. The summed E-state index contributed by atoms with van der Waals surface area (Å²) in [4.78, 5) is 14.8. The number of nitrogens with two attached hydrogens (primary N) is 1. The summed E-state index contributed by atoms with van der Waals surface area (Å²) < 4.78 is 0. The molecule has 0 aromatic heterocycles. The predicted molar refractivity (Wildman–Crippen MR) is 96.3 cm³/mol. The van der Waals surface area contributed by atoms with Gasteiger partial charge in [0.1, 0.15) is 0 Å². The third kappa shape index (κ3) is 4.20. The molecule has 0 fully saturated rings. The predicted octanol–water partition coefficient (Wildman–Crippen LogP) is 3.80. The van der Waals surface area contributed by atoms with Crippen molar-refractivity contribution in [1.29, 1.82) is 0 Å². The Kier molecular flexibility index (Phi) is 5.94. The van der Waals surface area contributed by atoms with E-state index in [2.05, 4.69) is 13.8 Å². The highest BCUT2D eigenvalue weighted by Crippen LogP contribution is 2.25. The number of likely N-dealkylation sites (N-methyl/N-ethyl adjacent to an activating group) is 1. The van der Waals surface area contributed by atoms with Gasteiger partial charge in [0.25, 0.3) is 5.91 Å². The lowest BCUT2D eigenvalue weighted by Crippen LogP contribution is -2.42. The molecule has 2 aromatic rings. The molecule has 0 saturated carbocycles. The highest BCUT2D eigenvalue weighted by Gasteiger charge is 2.23. The Morgan fingerprint density at radius 1 is 1.04 bits per heavy atom. The molecule has 0 bridgehead atoms. The summed E-state index contributed by atoms with van der Waals surface area (Å²) in [6, 6.07) is 17.8. The molecule has 122 valence electrons. The molecule has 1 unspecified atom stereocenters. The van der Waals surface area contributed by atoms with Crippen LogP contribution in [0.2, 0.25) is 0 Å². The quantitative estimate of drug-likeness (QED) is 0.882. The van der Waals surface area contributed by atoms with Crippen molar-refractivity contribution in [2.24, 2.45) is 11.7 Å². The molecular formula is C20H26N2O. The van der Waals surface area contributed by atoms with E-state index in [4.69, 9.17) is 5.73 Å². The van der Waals surface area contributed by atoms with Crippen LogP contribution >= 0.6 is 0 Å². The fourth-order valence-corrected chi connectivity index (χ4v) is 2.85. The first-order valence-corrected chi connectivity index (χ1v) is 8.16. The zero-order chi connectivity index (χ0) is 16.8. The van der Waals surface area contributed by atoms with E-state index in [1.54, 1.807) is 4.90 Å². The molecule has 3 heteroatoms. The summed E-state index contributed by atoms with van der Waals surface area (Å²) >= 11 is 0. The van der Waals surface area contributed by atoms with E-state index < -0.39 is 0 Å². The largest absolute Gasteiger partial charge is 0.337 e. The van der Waals surface area contributed by atoms with Crippen molar-refractivity contribution in [3.63, 3.8) is 0 Å². The molecule has 0 spiro atoms. The number of carbonyl (C=O) groups excluding carboxylic acids is 1. The molecule has 2 N–H and O–H groups in total. The van der Waals surface area contributed by atoms with Crippen LogP contribution in [0.4, 0.5) is 0 Å². The van der Waals surface area contributed by atoms with Gasteiger partial charge in [-0.25, -0.2) is 0 Å². The van der Waals surface area contributed by atoms with Gasteiger partial charge in [-0.05, 0) is 29.5 Å². The topological polar surface area (TPSA) is 46.3 Å². The van der Waals surface area contributed by atoms with Crippen LogP contribution in [0, 0.1) is 5.92 Å². The second kappa shape index (κ2) is 7.93. The Balaban J connectivity index is 2.33. The van der Waals surface area contributed by atoms with Crippen molar-refractivity contribution < 1.29 is 4.79 Å². The number of benzene rings is 2. The summed E-state index contributed by atoms with van der Waals surface area (Å²) in [7, 11) is 1.85. The van der Waals surface area contributed by atoms with E-state index >= 15 is 0 Å². The van der Waals surface area contributed by atoms with Crippen LogP contribution < -0.4 is 5.73 Å². The van der Waals surface area contributed by atoms with Crippen LogP contribution in [0.25, 0.3) is 11.1 Å². The van der Waals surface area contributed by atoms with E-state index in [1.807, 2.05) is 61.6 Å². The maximum atomic E-state index is 13.0. The fraction of sp³-hybridized carbons (Fsp3) is 0.350. The van der Waals surface area contributed by atoms with Crippen molar-refractivity contribution in [1.82, 2.24) is 4.90 Å². The van der Waals surface area contributed by atoms with Crippen LogP contribution in [0.15, 0.2) is 54.6 Å². The lowest BCUT2D eigenvalue weighted by Gasteiger charge is -2.29. The van der Waals surface area contributed by atoms with Gasteiger partial charge < -0.3 is 10.6 Å². The Bertz CT molecular complexity index is 637. The normalized spacial score (nSPS) is 12.2. The van der Waals surface area contributed by atoms with E-state index in [-0.39, 0.29) is 11.9 Å². The second-order valence-electron chi connectivity index (χ2n) is 6.35. The number of nitrogens with zero attached hydrogens (tertiary/aromatic N) is 1. The molecule has 3 nitrogen and oxygen atoms in total. The molecule has 2 aromatic carbocycles. The van der Waals surface area contributed by atoms with Gasteiger partial charge in [0.2, 0.25) is 0 Å². The third-order valence-corrected chi connectivity index (χ3v) is 4.13. The van der Waals surface area contributed by atoms with Gasteiger partial charge in [-0.1, -0.05) is 62.4 Å². The van der Waals surface area contributed by atoms with Crippen molar-refractivity contribution in [3.8, 4) is 11.1 Å². The highest BCUT2D eigenvalue weighted by molar-refractivity contribution is 6.00. The summed E-state index contributed by atoms with van der Waals surface area (Å²) in [5.74, 6) is 0.531. The Hall–Kier alpha value is -2.13.